The summed E-state index contributed by atoms with van der Waals surface area (Å²) in [5.41, 5.74) is 8.18. The molecule has 1 aromatic rings. The van der Waals surface area contributed by atoms with Crippen LogP contribution in [0.25, 0.3) is 0 Å². The quantitative estimate of drug-likeness (QED) is 0.918. The van der Waals surface area contributed by atoms with E-state index < -0.39 is 0 Å². The topological polar surface area (TPSA) is 53.1 Å². The van der Waals surface area contributed by atoms with Gasteiger partial charge in [-0.1, -0.05) is 0 Å². The summed E-state index contributed by atoms with van der Waals surface area (Å²) in [7, 11) is 1.74. The second-order valence-electron chi connectivity index (χ2n) is 7.14. The molecule has 0 amide bonds. The highest BCUT2D eigenvalue weighted by atomic mass is 16.5. The normalized spacial score (nSPS) is 38.6. The monoisotopic (exact) mass is 275 g/mol. The van der Waals surface area contributed by atoms with Crippen LogP contribution in [0.4, 0.5) is 0 Å². The highest BCUT2D eigenvalue weighted by Crippen LogP contribution is 2.59. The molecule has 0 saturated heterocycles. The molecule has 0 aromatic carbocycles. The van der Waals surface area contributed by atoms with Gasteiger partial charge in [-0.25, -0.2) is 4.68 Å². The zero-order valence-corrected chi connectivity index (χ0v) is 12.3. The molecule has 110 valence electrons. The van der Waals surface area contributed by atoms with Crippen LogP contribution in [0.1, 0.15) is 49.4 Å². The second-order valence-corrected chi connectivity index (χ2v) is 7.14. The molecule has 0 spiro atoms. The summed E-state index contributed by atoms with van der Waals surface area (Å²) < 4.78 is 7.39. The average molecular weight is 275 g/mol. The first-order valence-electron chi connectivity index (χ1n) is 8.04. The Hall–Kier alpha value is -0.870. The van der Waals surface area contributed by atoms with Crippen molar-refractivity contribution in [3.8, 4) is 0 Å². The lowest BCUT2D eigenvalue weighted by Crippen LogP contribution is -2.44. The van der Waals surface area contributed by atoms with Gasteiger partial charge in [-0.3, -0.25) is 0 Å². The summed E-state index contributed by atoms with van der Waals surface area (Å²) in [6.07, 6.45) is 7.26. The summed E-state index contributed by atoms with van der Waals surface area (Å²) in [4.78, 5) is 0. The lowest BCUT2D eigenvalue weighted by molar-refractivity contribution is -0.00812. The third kappa shape index (κ3) is 1.92. The molecule has 4 aliphatic carbocycles. The molecule has 1 aromatic heterocycles. The van der Waals surface area contributed by atoms with Crippen molar-refractivity contribution >= 4 is 0 Å². The van der Waals surface area contributed by atoms with E-state index in [1.807, 2.05) is 0 Å². The van der Waals surface area contributed by atoms with Gasteiger partial charge in [-0.2, -0.15) is 5.10 Å². The molecule has 4 nitrogen and oxygen atoms in total. The molecule has 0 aliphatic heterocycles. The zero-order chi connectivity index (χ0) is 13.7. The van der Waals surface area contributed by atoms with Crippen molar-refractivity contribution in [3.63, 3.8) is 0 Å². The van der Waals surface area contributed by atoms with Gasteiger partial charge in [0.15, 0.2) is 0 Å². The fraction of sp³-hybridized carbons (Fsp3) is 0.812. The fourth-order valence-electron chi connectivity index (χ4n) is 5.49. The molecule has 4 aliphatic rings. The Morgan fingerprint density at radius 1 is 1.20 bits per heavy atom. The molecule has 1 heterocycles. The summed E-state index contributed by atoms with van der Waals surface area (Å²) in [6.45, 7) is 1.08. The van der Waals surface area contributed by atoms with E-state index in [2.05, 4.69) is 15.8 Å². The second kappa shape index (κ2) is 4.85. The number of nitrogens with zero attached hydrogens (tertiary/aromatic N) is 2. The molecule has 4 saturated carbocycles. The zero-order valence-electron chi connectivity index (χ0n) is 12.3. The van der Waals surface area contributed by atoms with E-state index in [1.165, 1.54) is 37.8 Å². The fourth-order valence-corrected chi connectivity index (χ4v) is 5.49. The van der Waals surface area contributed by atoms with Gasteiger partial charge >= 0.3 is 0 Å². The Bertz CT molecular complexity index is 468. The summed E-state index contributed by atoms with van der Waals surface area (Å²) >= 11 is 0. The molecule has 4 bridgehead atoms. The molecule has 5 rings (SSSR count). The number of ether oxygens (including phenoxy) is 1. The van der Waals surface area contributed by atoms with Gasteiger partial charge < -0.3 is 10.5 Å². The molecule has 20 heavy (non-hydrogen) atoms. The lowest BCUT2D eigenvalue weighted by Gasteiger charge is -2.54. The summed E-state index contributed by atoms with van der Waals surface area (Å²) in [5, 5.41) is 4.62. The van der Waals surface area contributed by atoms with Crippen LogP contribution in [-0.4, -0.2) is 16.9 Å². The first kappa shape index (κ1) is 12.8. The molecule has 4 fully saturated rings. The van der Waals surface area contributed by atoms with Gasteiger partial charge in [0.1, 0.15) is 6.73 Å². The highest BCUT2D eigenvalue weighted by molar-refractivity contribution is 5.20. The van der Waals surface area contributed by atoms with Gasteiger partial charge in [0.25, 0.3) is 0 Å². The van der Waals surface area contributed by atoms with Crippen molar-refractivity contribution in [1.82, 2.24) is 9.78 Å². The minimum absolute atomic E-state index is 0.525. The minimum Gasteiger partial charge on any atom is -0.362 e. The van der Waals surface area contributed by atoms with Crippen LogP contribution in [-0.2, 0) is 18.0 Å². The largest absolute Gasteiger partial charge is 0.362 e. The van der Waals surface area contributed by atoms with Crippen LogP contribution in [0.3, 0.4) is 0 Å². The third-order valence-corrected chi connectivity index (χ3v) is 5.89. The standard InChI is InChI=1S/C16H25N3O/c1-20-9-19-15(7-14(8-17)18-19)16-12-3-10-2-11(5-12)6-13(16)4-10/h7,10-13,16H,2-6,8-9,17H2,1H3. The molecular formula is C16H25N3O. The van der Waals surface area contributed by atoms with Gasteiger partial charge in [-0.05, 0) is 61.8 Å². The number of hydrogen-bond acceptors (Lipinski definition) is 3. The van der Waals surface area contributed by atoms with Crippen molar-refractivity contribution in [2.45, 2.75) is 51.3 Å². The lowest BCUT2D eigenvalue weighted by atomic mass is 9.51. The Balaban J connectivity index is 1.68. The Kier molecular flexibility index (Phi) is 3.11. The predicted molar refractivity (Wildman–Crippen MR) is 76.9 cm³/mol. The molecule has 0 atom stereocenters. The van der Waals surface area contributed by atoms with E-state index in [1.54, 1.807) is 7.11 Å². The van der Waals surface area contributed by atoms with E-state index in [0.29, 0.717) is 19.2 Å². The van der Waals surface area contributed by atoms with Gasteiger partial charge in [0.05, 0.1) is 5.69 Å². The van der Waals surface area contributed by atoms with E-state index in [-0.39, 0.29) is 0 Å². The molecule has 0 unspecified atom stereocenters. The number of nitrogens with two attached hydrogens (primary N) is 1. The van der Waals surface area contributed by atoms with Gasteiger partial charge in [-0.15, -0.1) is 0 Å². The SMILES string of the molecule is COCn1nc(CN)cc1C1C2CC3CC(C2)CC1C3. The van der Waals surface area contributed by atoms with Crippen LogP contribution >= 0.6 is 0 Å². The van der Waals surface area contributed by atoms with Crippen LogP contribution in [0, 0.1) is 23.7 Å². The maximum absolute atomic E-state index is 5.79. The molecule has 2 N–H and O–H groups in total. The Labute approximate surface area is 120 Å². The van der Waals surface area contributed by atoms with Crippen LogP contribution in [0.15, 0.2) is 6.07 Å². The Morgan fingerprint density at radius 2 is 1.85 bits per heavy atom. The van der Waals surface area contributed by atoms with E-state index in [4.69, 9.17) is 10.5 Å². The van der Waals surface area contributed by atoms with Crippen molar-refractivity contribution in [1.29, 1.82) is 0 Å². The van der Waals surface area contributed by atoms with Crippen LogP contribution < -0.4 is 5.73 Å². The highest BCUT2D eigenvalue weighted by Gasteiger charge is 2.49. The Morgan fingerprint density at radius 3 is 2.40 bits per heavy atom. The number of aromatic nitrogens is 2. The summed E-state index contributed by atoms with van der Waals surface area (Å²) in [5.74, 6) is 4.49. The molecule has 4 heteroatoms. The van der Waals surface area contributed by atoms with E-state index in [0.717, 1.165) is 29.4 Å². The molecule has 0 radical (unpaired) electrons. The van der Waals surface area contributed by atoms with Crippen molar-refractivity contribution in [2.24, 2.45) is 29.4 Å². The average Bonchev–Trinajstić information content (AvgIpc) is 2.81. The van der Waals surface area contributed by atoms with Crippen molar-refractivity contribution < 1.29 is 4.74 Å². The third-order valence-electron chi connectivity index (χ3n) is 5.89. The van der Waals surface area contributed by atoms with Gasteiger partial charge in [0.2, 0.25) is 0 Å². The predicted octanol–water partition coefficient (Wildman–Crippen LogP) is 2.49. The van der Waals surface area contributed by atoms with Crippen molar-refractivity contribution in [2.75, 3.05) is 7.11 Å². The van der Waals surface area contributed by atoms with Crippen LogP contribution in [0.2, 0.25) is 0 Å². The number of methoxy groups -OCH3 is 1. The maximum Gasteiger partial charge on any atom is 0.139 e. The minimum atomic E-state index is 0.525. The van der Waals surface area contributed by atoms with E-state index >= 15 is 0 Å². The van der Waals surface area contributed by atoms with Crippen molar-refractivity contribution in [3.05, 3.63) is 17.5 Å². The maximum atomic E-state index is 5.79. The number of hydrogen-bond donors (Lipinski definition) is 1. The van der Waals surface area contributed by atoms with E-state index in [9.17, 15) is 0 Å². The number of rotatable bonds is 4. The summed E-state index contributed by atoms with van der Waals surface area (Å²) in [6, 6.07) is 2.24. The first-order chi connectivity index (χ1) is 9.78. The smallest absolute Gasteiger partial charge is 0.139 e. The van der Waals surface area contributed by atoms with Crippen LogP contribution in [0.5, 0.6) is 0 Å². The molecular weight excluding hydrogens is 250 g/mol. The van der Waals surface area contributed by atoms with Gasteiger partial charge in [0, 0.05) is 25.3 Å². The first-order valence-corrected chi connectivity index (χ1v) is 8.04.